The number of nitrogens with zero attached hydrogens (tertiary/aromatic N) is 5. The number of pyridine rings is 1. The highest BCUT2D eigenvalue weighted by molar-refractivity contribution is 5.98. The molecule has 2 fully saturated rings. The fourth-order valence-electron chi connectivity index (χ4n) is 6.61. The van der Waals surface area contributed by atoms with Gasteiger partial charge in [0.05, 0.1) is 11.0 Å². The summed E-state index contributed by atoms with van der Waals surface area (Å²) in [7, 11) is 0. The molecule has 4 aromatic rings. The quantitative estimate of drug-likeness (QED) is 0.251. The van der Waals surface area contributed by atoms with Gasteiger partial charge in [0, 0.05) is 62.2 Å². The lowest BCUT2D eigenvalue weighted by Gasteiger charge is -2.41. The number of carbonyl (C=O) groups excluding carboxylic acids is 2. The summed E-state index contributed by atoms with van der Waals surface area (Å²) in [5, 5.41) is 3.01. The molecule has 4 heterocycles. The van der Waals surface area contributed by atoms with E-state index in [4.69, 9.17) is 14.7 Å². The highest BCUT2D eigenvalue weighted by Gasteiger charge is 2.33. The second-order valence-corrected chi connectivity index (χ2v) is 13.4. The Labute approximate surface area is 271 Å². The maximum absolute atomic E-state index is 13.0. The zero-order chi connectivity index (χ0) is 32.1. The molecule has 0 atom stereocenters. The van der Waals surface area contributed by atoms with Gasteiger partial charge in [-0.05, 0) is 88.6 Å². The molecule has 240 valence electrons. The first-order valence-electron chi connectivity index (χ1n) is 16.5. The van der Waals surface area contributed by atoms with E-state index in [9.17, 15) is 9.59 Å². The number of benzene rings is 2. The van der Waals surface area contributed by atoms with Gasteiger partial charge in [-0.2, -0.15) is 0 Å². The van der Waals surface area contributed by atoms with Crippen molar-refractivity contribution in [3.05, 3.63) is 84.2 Å². The van der Waals surface area contributed by atoms with Crippen LogP contribution in [0.4, 0.5) is 10.6 Å². The monoisotopic (exact) mass is 620 g/mol. The van der Waals surface area contributed by atoms with E-state index in [0.717, 1.165) is 80.1 Å². The van der Waals surface area contributed by atoms with E-state index in [0.29, 0.717) is 35.9 Å². The molecule has 2 aromatic carbocycles. The first kappa shape index (κ1) is 31.5. The molecular formula is C37H44N6O3. The number of hydrogen-bond donors (Lipinski definition) is 1. The van der Waals surface area contributed by atoms with Gasteiger partial charge < -0.3 is 19.9 Å². The van der Waals surface area contributed by atoms with E-state index in [1.54, 1.807) is 6.20 Å². The zero-order valence-electron chi connectivity index (χ0n) is 27.1. The molecule has 0 spiro atoms. The number of nitrogens with one attached hydrogen (secondary N) is 1. The summed E-state index contributed by atoms with van der Waals surface area (Å²) < 4.78 is 5.59. The molecule has 0 bridgehead atoms. The third-order valence-corrected chi connectivity index (χ3v) is 9.05. The summed E-state index contributed by atoms with van der Waals surface area (Å²) in [4.78, 5) is 44.4. The molecule has 2 amide bonds. The standard InChI is InChI=1S/C37H44N6O3/c1-37(2,3)46-36(45)43-23-17-27(18-24-43)26-15-21-42(22-16-26)34-33(28-9-5-4-6-10-28)40-32-25-29(12-13-31(32)41-34)35(44)39-20-14-30-11-7-8-19-38-30/h4-13,19,25-27H,14-18,20-24H2,1-3H3,(H,39,44). The number of rotatable bonds is 7. The van der Waals surface area contributed by atoms with E-state index in [2.05, 4.69) is 27.3 Å². The highest BCUT2D eigenvalue weighted by atomic mass is 16.6. The minimum atomic E-state index is -0.470. The van der Waals surface area contributed by atoms with Crippen LogP contribution in [-0.2, 0) is 11.2 Å². The summed E-state index contributed by atoms with van der Waals surface area (Å²) >= 11 is 0. The lowest BCUT2D eigenvalue weighted by molar-refractivity contribution is 0.0152. The Kier molecular flexibility index (Phi) is 9.47. The zero-order valence-corrected chi connectivity index (χ0v) is 27.1. The lowest BCUT2D eigenvalue weighted by Crippen LogP contribution is -2.44. The fourth-order valence-corrected chi connectivity index (χ4v) is 6.61. The van der Waals surface area contributed by atoms with Crippen LogP contribution in [0.25, 0.3) is 22.3 Å². The van der Waals surface area contributed by atoms with Crippen molar-refractivity contribution in [1.29, 1.82) is 0 Å². The summed E-state index contributed by atoms with van der Waals surface area (Å²) in [6.45, 7) is 9.60. The van der Waals surface area contributed by atoms with Gasteiger partial charge in [-0.15, -0.1) is 0 Å². The Bertz CT molecular complexity index is 1640. The van der Waals surface area contributed by atoms with Crippen LogP contribution in [0.5, 0.6) is 0 Å². The molecule has 0 unspecified atom stereocenters. The topological polar surface area (TPSA) is 101 Å². The van der Waals surface area contributed by atoms with Crippen LogP contribution in [0, 0.1) is 11.8 Å². The van der Waals surface area contributed by atoms with Crippen LogP contribution in [0.15, 0.2) is 72.9 Å². The van der Waals surface area contributed by atoms with Crippen LogP contribution in [0.3, 0.4) is 0 Å². The predicted octanol–water partition coefficient (Wildman–Crippen LogP) is 6.53. The Hall–Kier alpha value is -4.53. The predicted molar refractivity (Wildman–Crippen MR) is 181 cm³/mol. The van der Waals surface area contributed by atoms with Crippen molar-refractivity contribution < 1.29 is 14.3 Å². The fraction of sp³-hybridized carbons (Fsp3) is 0.432. The van der Waals surface area contributed by atoms with Crippen LogP contribution >= 0.6 is 0 Å². The average Bonchev–Trinajstić information content (AvgIpc) is 3.07. The van der Waals surface area contributed by atoms with Gasteiger partial charge in [-0.25, -0.2) is 14.8 Å². The maximum atomic E-state index is 13.0. The van der Waals surface area contributed by atoms with Crippen molar-refractivity contribution in [3.63, 3.8) is 0 Å². The van der Waals surface area contributed by atoms with E-state index in [1.807, 2.05) is 80.3 Å². The number of likely N-dealkylation sites (tertiary alicyclic amines) is 1. The number of hydrogen-bond acceptors (Lipinski definition) is 7. The van der Waals surface area contributed by atoms with Gasteiger partial charge in [-0.1, -0.05) is 36.4 Å². The second-order valence-electron chi connectivity index (χ2n) is 13.4. The largest absolute Gasteiger partial charge is 0.444 e. The van der Waals surface area contributed by atoms with E-state index >= 15 is 0 Å². The van der Waals surface area contributed by atoms with Crippen LogP contribution < -0.4 is 10.2 Å². The number of fused-ring (bicyclic) bond motifs is 1. The molecule has 2 aliphatic rings. The number of ether oxygens (including phenoxy) is 1. The molecule has 2 aromatic heterocycles. The second kappa shape index (κ2) is 13.8. The molecule has 6 rings (SSSR count). The number of amides is 2. The first-order chi connectivity index (χ1) is 22.2. The summed E-state index contributed by atoms with van der Waals surface area (Å²) in [6, 6.07) is 21.5. The SMILES string of the molecule is CC(C)(C)OC(=O)N1CCC(C2CCN(c3nc4ccc(C(=O)NCCc5ccccn5)cc4nc3-c3ccccc3)CC2)CC1. The molecular weight excluding hydrogens is 576 g/mol. The molecule has 1 N–H and O–H groups in total. The van der Waals surface area contributed by atoms with Gasteiger partial charge in [0.2, 0.25) is 0 Å². The number of piperidine rings is 2. The van der Waals surface area contributed by atoms with Crippen molar-refractivity contribution in [2.75, 3.05) is 37.6 Å². The van der Waals surface area contributed by atoms with Crippen LogP contribution in [0.1, 0.15) is 62.5 Å². The Morgan fingerprint density at radius 1 is 0.848 bits per heavy atom. The normalized spacial score (nSPS) is 16.4. The maximum Gasteiger partial charge on any atom is 0.410 e. The molecule has 2 aliphatic heterocycles. The van der Waals surface area contributed by atoms with Gasteiger partial charge in [0.25, 0.3) is 5.91 Å². The number of carbonyl (C=O) groups is 2. The van der Waals surface area contributed by atoms with E-state index in [1.165, 1.54) is 0 Å². The van der Waals surface area contributed by atoms with Gasteiger partial charge in [0.1, 0.15) is 11.3 Å². The molecule has 0 aliphatic carbocycles. The van der Waals surface area contributed by atoms with Crippen molar-refractivity contribution in [2.45, 2.75) is 58.5 Å². The first-order valence-corrected chi connectivity index (χ1v) is 16.5. The third kappa shape index (κ3) is 7.63. The lowest BCUT2D eigenvalue weighted by atomic mass is 9.79. The molecule has 9 heteroatoms. The Balaban J connectivity index is 1.13. The summed E-state index contributed by atoms with van der Waals surface area (Å²) in [5.41, 5.74) is 4.36. The Morgan fingerprint density at radius 2 is 1.54 bits per heavy atom. The van der Waals surface area contributed by atoms with Gasteiger partial charge in [-0.3, -0.25) is 9.78 Å². The van der Waals surface area contributed by atoms with Crippen molar-refractivity contribution >= 4 is 28.9 Å². The molecule has 0 saturated carbocycles. The minimum absolute atomic E-state index is 0.135. The Morgan fingerprint density at radius 3 is 2.22 bits per heavy atom. The average molecular weight is 621 g/mol. The smallest absolute Gasteiger partial charge is 0.410 e. The number of aromatic nitrogens is 3. The molecule has 46 heavy (non-hydrogen) atoms. The van der Waals surface area contributed by atoms with Gasteiger partial charge in [0.15, 0.2) is 5.82 Å². The minimum Gasteiger partial charge on any atom is -0.444 e. The highest BCUT2D eigenvalue weighted by Crippen LogP contribution is 2.37. The van der Waals surface area contributed by atoms with Crippen molar-refractivity contribution in [2.24, 2.45) is 11.8 Å². The van der Waals surface area contributed by atoms with Crippen molar-refractivity contribution in [3.8, 4) is 11.3 Å². The van der Waals surface area contributed by atoms with Crippen molar-refractivity contribution in [1.82, 2.24) is 25.2 Å². The summed E-state index contributed by atoms with van der Waals surface area (Å²) in [5.74, 6) is 2.00. The van der Waals surface area contributed by atoms with E-state index < -0.39 is 5.60 Å². The molecule has 2 saturated heterocycles. The summed E-state index contributed by atoms with van der Waals surface area (Å²) in [6.07, 6.45) is 6.45. The van der Waals surface area contributed by atoms with Crippen LogP contribution in [0.2, 0.25) is 0 Å². The molecule has 9 nitrogen and oxygen atoms in total. The van der Waals surface area contributed by atoms with E-state index in [-0.39, 0.29) is 12.0 Å². The molecule has 0 radical (unpaired) electrons. The number of anilines is 1. The third-order valence-electron chi connectivity index (χ3n) is 9.05. The van der Waals surface area contributed by atoms with Crippen LogP contribution in [-0.4, -0.2) is 70.2 Å². The van der Waals surface area contributed by atoms with Gasteiger partial charge >= 0.3 is 6.09 Å².